The standard InChI is InChI=1S/C21H23N3O2/c1-15-4-9-20(26-3)18(12-15)13-21(25)23-16(2)17-5-7-19(8-6-17)24-11-10-22-14-24/h4-12,14,16H,13H2,1-3H3,(H,23,25). The molecule has 0 radical (unpaired) electrons. The molecule has 1 heterocycles. The summed E-state index contributed by atoms with van der Waals surface area (Å²) in [5.74, 6) is 0.711. The Kier molecular flexibility index (Phi) is 5.37. The number of hydrogen-bond acceptors (Lipinski definition) is 3. The van der Waals surface area contributed by atoms with E-state index in [2.05, 4.69) is 10.3 Å². The van der Waals surface area contributed by atoms with Crippen molar-refractivity contribution in [2.75, 3.05) is 7.11 Å². The lowest BCUT2D eigenvalue weighted by molar-refractivity contribution is -0.121. The molecule has 2 aromatic carbocycles. The molecule has 5 nitrogen and oxygen atoms in total. The van der Waals surface area contributed by atoms with Crippen molar-refractivity contribution in [3.05, 3.63) is 77.9 Å². The summed E-state index contributed by atoms with van der Waals surface area (Å²) in [5, 5.41) is 3.06. The molecule has 0 aliphatic carbocycles. The quantitative estimate of drug-likeness (QED) is 0.740. The molecule has 1 atom stereocenters. The predicted molar refractivity (Wildman–Crippen MR) is 102 cm³/mol. The molecule has 0 spiro atoms. The number of hydrogen-bond donors (Lipinski definition) is 1. The molecule has 1 N–H and O–H groups in total. The third kappa shape index (κ3) is 4.11. The van der Waals surface area contributed by atoms with Gasteiger partial charge in [-0.05, 0) is 37.6 Å². The molecule has 3 rings (SSSR count). The SMILES string of the molecule is COc1ccc(C)cc1CC(=O)NC(C)c1ccc(-n2ccnc2)cc1. The molecule has 26 heavy (non-hydrogen) atoms. The highest BCUT2D eigenvalue weighted by Gasteiger charge is 2.13. The minimum atomic E-state index is -0.0739. The van der Waals surface area contributed by atoms with Crippen LogP contribution in [0.3, 0.4) is 0 Å². The van der Waals surface area contributed by atoms with Crippen molar-refractivity contribution in [1.82, 2.24) is 14.9 Å². The molecule has 134 valence electrons. The summed E-state index contributed by atoms with van der Waals surface area (Å²) >= 11 is 0. The van der Waals surface area contributed by atoms with E-state index in [1.165, 1.54) is 0 Å². The molecule has 1 amide bonds. The Balaban J connectivity index is 1.65. The molecular weight excluding hydrogens is 326 g/mol. The molecule has 5 heteroatoms. The first-order valence-corrected chi connectivity index (χ1v) is 8.58. The van der Waals surface area contributed by atoms with Crippen LogP contribution in [0, 0.1) is 6.92 Å². The molecule has 0 fully saturated rings. The summed E-state index contributed by atoms with van der Waals surface area (Å²) in [5.41, 5.74) is 4.09. The highest BCUT2D eigenvalue weighted by atomic mass is 16.5. The topological polar surface area (TPSA) is 56.1 Å². The number of nitrogens with one attached hydrogen (secondary N) is 1. The van der Waals surface area contributed by atoms with E-state index in [-0.39, 0.29) is 11.9 Å². The highest BCUT2D eigenvalue weighted by Crippen LogP contribution is 2.21. The Morgan fingerprint density at radius 2 is 2.00 bits per heavy atom. The van der Waals surface area contributed by atoms with Crippen LogP contribution in [0.25, 0.3) is 5.69 Å². The Hall–Kier alpha value is -3.08. The smallest absolute Gasteiger partial charge is 0.225 e. The largest absolute Gasteiger partial charge is 0.496 e. The van der Waals surface area contributed by atoms with Crippen LogP contribution in [-0.4, -0.2) is 22.6 Å². The number of amides is 1. The number of methoxy groups -OCH3 is 1. The number of carbonyl (C=O) groups excluding carboxylic acids is 1. The van der Waals surface area contributed by atoms with Crippen LogP contribution in [0.2, 0.25) is 0 Å². The summed E-state index contributed by atoms with van der Waals surface area (Å²) < 4.78 is 7.29. The fourth-order valence-electron chi connectivity index (χ4n) is 2.94. The summed E-state index contributed by atoms with van der Waals surface area (Å²) in [7, 11) is 1.62. The number of ether oxygens (including phenoxy) is 1. The van der Waals surface area contributed by atoms with Gasteiger partial charge in [0, 0.05) is 23.6 Å². The summed E-state index contributed by atoms with van der Waals surface area (Å²) in [6.07, 6.45) is 5.70. The minimum absolute atomic E-state index is 0.0277. The lowest BCUT2D eigenvalue weighted by Gasteiger charge is -2.16. The van der Waals surface area contributed by atoms with Crippen LogP contribution in [0.15, 0.2) is 61.2 Å². The number of imidazole rings is 1. The number of benzene rings is 2. The van der Waals surface area contributed by atoms with E-state index in [1.807, 2.05) is 67.1 Å². The number of aromatic nitrogens is 2. The highest BCUT2D eigenvalue weighted by molar-refractivity contribution is 5.79. The first-order valence-electron chi connectivity index (χ1n) is 8.58. The lowest BCUT2D eigenvalue weighted by Crippen LogP contribution is -2.28. The van der Waals surface area contributed by atoms with E-state index in [1.54, 1.807) is 19.6 Å². The molecule has 0 aliphatic heterocycles. The van der Waals surface area contributed by atoms with Crippen LogP contribution in [-0.2, 0) is 11.2 Å². The van der Waals surface area contributed by atoms with Gasteiger partial charge in [-0.2, -0.15) is 0 Å². The number of nitrogens with zero attached hydrogens (tertiary/aromatic N) is 2. The number of rotatable bonds is 6. The van der Waals surface area contributed by atoms with Gasteiger partial charge in [-0.1, -0.05) is 29.8 Å². The van der Waals surface area contributed by atoms with Crippen molar-refractivity contribution >= 4 is 5.91 Å². The van der Waals surface area contributed by atoms with E-state index >= 15 is 0 Å². The van der Waals surface area contributed by atoms with Crippen molar-refractivity contribution in [2.24, 2.45) is 0 Å². The average Bonchev–Trinajstić information content (AvgIpc) is 3.16. The van der Waals surface area contributed by atoms with Gasteiger partial charge in [0.2, 0.25) is 5.91 Å². The first kappa shape index (κ1) is 17.7. The van der Waals surface area contributed by atoms with Crippen LogP contribution in [0.4, 0.5) is 0 Å². The molecule has 0 saturated carbocycles. The third-order valence-electron chi connectivity index (χ3n) is 4.36. The van der Waals surface area contributed by atoms with Crippen molar-refractivity contribution in [1.29, 1.82) is 0 Å². The Morgan fingerprint density at radius 3 is 2.65 bits per heavy atom. The maximum atomic E-state index is 12.5. The van der Waals surface area contributed by atoms with E-state index in [4.69, 9.17) is 4.74 Å². The first-order chi connectivity index (χ1) is 12.6. The lowest BCUT2D eigenvalue weighted by atomic mass is 10.1. The van der Waals surface area contributed by atoms with Crippen LogP contribution in [0.1, 0.15) is 29.7 Å². The van der Waals surface area contributed by atoms with Crippen molar-refractivity contribution in [3.63, 3.8) is 0 Å². The molecular formula is C21H23N3O2. The average molecular weight is 349 g/mol. The molecule has 1 aromatic heterocycles. The monoisotopic (exact) mass is 349 g/mol. The molecule has 3 aromatic rings. The Bertz CT molecular complexity index is 871. The second kappa shape index (κ2) is 7.87. The fourth-order valence-corrected chi connectivity index (χ4v) is 2.94. The fraction of sp³-hybridized carbons (Fsp3) is 0.238. The van der Waals surface area contributed by atoms with Gasteiger partial charge in [-0.3, -0.25) is 4.79 Å². The van der Waals surface area contributed by atoms with Crippen molar-refractivity contribution in [3.8, 4) is 11.4 Å². The number of carbonyl (C=O) groups is 1. The van der Waals surface area contributed by atoms with Crippen LogP contribution in [0.5, 0.6) is 5.75 Å². The zero-order chi connectivity index (χ0) is 18.5. The van der Waals surface area contributed by atoms with Gasteiger partial charge in [-0.25, -0.2) is 4.98 Å². The van der Waals surface area contributed by atoms with Crippen LogP contribution >= 0.6 is 0 Å². The van der Waals surface area contributed by atoms with E-state index in [0.29, 0.717) is 6.42 Å². The van der Waals surface area contributed by atoms with Crippen molar-refractivity contribution < 1.29 is 9.53 Å². The molecule has 0 aliphatic rings. The zero-order valence-corrected chi connectivity index (χ0v) is 15.3. The Labute approximate surface area is 153 Å². The second-order valence-electron chi connectivity index (χ2n) is 6.34. The van der Waals surface area contributed by atoms with Gasteiger partial charge < -0.3 is 14.6 Å². The summed E-state index contributed by atoms with van der Waals surface area (Å²) in [6, 6.07) is 13.9. The zero-order valence-electron chi connectivity index (χ0n) is 15.3. The van der Waals surface area contributed by atoms with Gasteiger partial charge in [0.25, 0.3) is 0 Å². The van der Waals surface area contributed by atoms with Gasteiger partial charge in [0.1, 0.15) is 5.75 Å². The molecule has 0 saturated heterocycles. The van der Waals surface area contributed by atoms with E-state index < -0.39 is 0 Å². The van der Waals surface area contributed by atoms with E-state index in [9.17, 15) is 4.79 Å². The maximum Gasteiger partial charge on any atom is 0.225 e. The normalized spacial score (nSPS) is 11.8. The van der Waals surface area contributed by atoms with Gasteiger partial charge >= 0.3 is 0 Å². The minimum Gasteiger partial charge on any atom is -0.496 e. The summed E-state index contributed by atoms with van der Waals surface area (Å²) in [4.78, 5) is 16.5. The van der Waals surface area contributed by atoms with Gasteiger partial charge in [0.15, 0.2) is 0 Å². The third-order valence-corrected chi connectivity index (χ3v) is 4.36. The summed E-state index contributed by atoms with van der Waals surface area (Å²) in [6.45, 7) is 3.99. The molecule has 1 unspecified atom stereocenters. The van der Waals surface area contributed by atoms with E-state index in [0.717, 1.165) is 28.1 Å². The molecule has 0 bridgehead atoms. The van der Waals surface area contributed by atoms with Crippen molar-refractivity contribution in [2.45, 2.75) is 26.3 Å². The number of aryl methyl sites for hydroxylation is 1. The maximum absolute atomic E-state index is 12.5. The van der Waals surface area contributed by atoms with Gasteiger partial charge in [-0.15, -0.1) is 0 Å². The van der Waals surface area contributed by atoms with Gasteiger partial charge in [0.05, 0.1) is 25.9 Å². The Morgan fingerprint density at radius 1 is 1.23 bits per heavy atom. The second-order valence-corrected chi connectivity index (χ2v) is 6.34. The predicted octanol–water partition coefficient (Wildman–Crippen LogP) is 3.61. The van der Waals surface area contributed by atoms with Crippen LogP contribution < -0.4 is 10.1 Å².